The van der Waals surface area contributed by atoms with Gasteiger partial charge in [0.25, 0.3) is 0 Å². The van der Waals surface area contributed by atoms with Gasteiger partial charge >= 0.3 is 0 Å². The van der Waals surface area contributed by atoms with Gasteiger partial charge in [-0.25, -0.2) is 0 Å². The summed E-state index contributed by atoms with van der Waals surface area (Å²) < 4.78 is 0. The van der Waals surface area contributed by atoms with Crippen molar-refractivity contribution in [3.05, 3.63) is 76.2 Å². The van der Waals surface area contributed by atoms with Crippen molar-refractivity contribution in [1.82, 2.24) is 0 Å². The van der Waals surface area contributed by atoms with Crippen molar-refractivity contribution in [2.24, 2.45) is 0 Å². The second-order valence-corrected chi connectivity index (χ2v) is 5.91. The summed E-state index contributed by atoms with van der Waals surface area (Å²) in [6.07, 6.45) is 11.3. The summed E-state index contributed by atoms with van der Waals surface area (Å²) >= 11 is 0. The highest BCUT2D eigenvalue weighted by atomic mass is 14.2. The molecule has 0 heteroatoms. The monoisotopic (exact) mass is 269 g/mol. The molecule has 0 N–H and O–H groups in total. The van der Waals surface area contributed by atoms with E-state index in [9.17, 15) is 0 Å². The van der Waals surface area contributed by atoms with E-state index in [1.165, 1.54) is 43.8 Å². The molecule has 0 unspecified atom stereocenters. The average molecular weight is 269 g/mol. The summed E-state index contributed by atoms with van der Waals surface area (Å²) in [5.74, 6) is 0. The third-order valence-corrected chi connectivity index (χ3v) is 4.30. The summed E-state index contributed by atoms with van der Waals surface area (Å²) in [5, 5.41) is 2.63. The molecule has 101 valence electrons. The summed E-state index contributed by atoms with van der Waals surface area (Å²) in [4.78, 5) is 0. The lowest BCUT2D eigenvalue weighted by Gasteiger charge is -2.08. The Kier molecular flexibility index (Phi) is 2.71. The molecule has 2 aromatic carbocycles. The van der Waals surface area contributed by atoms with E-state index < -0.39 is 0 Å². The molecule has 0 aromatic heterocycles. The minimum absolute atomic E-state index is 1.03. The number of hydrogen-bond donors (Lipinski definition) is 0. The predicted octanol–water partition coefficient (Wildman–Crippen LogP) is 3.91. The first-order chi connectivity index (χ1) is 10.3. The first-order valence-electron chi connectivity index (χ1n) is 7.46. The minimum atomic E-state index is 1.03. The van der Waals surface area contributed by atoms with Crippen LogP contribution in [0.4, 0.5) is 0 Å². The number of hydrogen-bond acceptors (Lipinski definition) is 0. The molecule has 0 spiro atoms. The van der Waals surface area contributed by atoms with Gasteiger partial charge in [-0.15, -0.1) is 0 Å². The molecule has 0 bridgehead atoms. The van der Waals surface area contributed by atoms with E-state index in [1.54, 1.807) is 0 Å². The zero-order valence-corrected chi connectivity index (χ0v) is 12.4. The first-order valence-corrected chi connectivity index (χ1v) is 7.46. The highest BCUT2D eigenvalue weighted by molar-refractivity contribution is 5.85. The lowest BCUT2D eigenvalue weighted by molar-refractivity contribution is 1.36. The molecule has 0 heterocycles. The Balaban J connectivity index is 2.09. The maximum Gasteiger partial charge on any atom is -0.000743 e. The molecule has 0 nitrogen and oxygen atoms in total. The molecule has 21 heavy (non-hydrogen) atoms. The molecule has 0 atom stereocenters. The Morgan fingerprint density at radius 3 is 2.52 bits per heavy atom. The van der Waals surface area contributed by atoms with Crippen LogP contribution in [0.25, 0.3) is 28.3 Å². The number of fused-ring (bicyclic) bond motifs is 3. The van der Waals surface area contributed by atoms with Crippen molar-refractivity contribution in [2.75, 3.05) is 0 Å². The van der Waals surface area contributed by atoms with Gasteiger partial charge in [-0.1, -0.05) is 60.2 Å². The molecule has 0 saturated heterocycles. The van der Waals surface area contributed by atoms with Crippen molar-refractivity contribution in [3.8, 4) is 11.1 Å². The van der Waals surface area contributed by atoms with Gasteiger partial charge in [0.2, 0.25) is 0 Å². The second kappa shape index (κ2) is 4.60. The van der Waals surface area contributed by atoms with Crippen LogP contribution in [0, 0.1) is 0 Å². The second-order valence-electron chi connectivity index (χ2n) is 5.91. The van der Waals surface area contributed by atoms with Gasteiger partial charge in [0, 0.05) is 0 Å². The van der Waals surface area contributed by atoms with Gasteiger partial charge in [-0.05, 0) is 64.6 Å². The number of rotatable bonds is 1. The van der Waals surface area contributed by atoms with Crippen LogP contribution >= 0.6 is 0 Å². The molecule has 2 aliphatic carbocycles. The molecule has 0 saturated carbocycles. The summed E-state index contributed by atoms with van der Waals surface area (Å²) in [5.41, 5.74) is 7.96. The van der Waals surface area contributed by atoms with Crippen molar-refractivity contribution in [2.45, 2.75) is 20.3 Å². The van der Waals surface area contributed by atoms with E-state index >= 15 is 0 Å². The molecule has 0 aliphatic heterocycles. The SMILES string of the molecule is CC(C)=c1c(C2=CC=CC2)ccc2c1=[C]c1ccccc1-2. The van der Waals surface area contributed by atoms with Crippen LogP contribution in [0.3, 0.4) is 0 Å². The van der Waals surface area contributed by atoms with Crippen molar-refractivity contribution in [1.29, 1.82) is 0 Å². The normalized spacial score (nSPS) is 14.5. The summed E-state index contributed by atoms with van der Waals surface area (Å²) in [6, 6.07) is 13.1. The van der Waals surface area contributed by atoms with Crippen LogP contribution in [-0.4, -0.2) is 0 Å². The highest BCUT2D eigenvalue weighted by Gasteiger charge is 2.16. The zero-order chi connectivity index (χ0) is 14.4. The maximum absolute atomic E-state index is 3.62. The number of benzene rings is 2. The van der Waals surface area contributed by atoms with Crippen LogP contribution in [0.1, 0.15) is 31.4 Å². The largest absolute Gasteiger partial charge is 0.0801 e. The molecular weight excluding hydrogens is 252 g/mol. The van der Waals surface area contributed by atoms with Crippen LogP contribution in [0.5, 0.6) is 0 Å². The Hall–Kier alpha value is -2.34. The predicted molar refractivity (Wildman–Crippen MR) is 90.1 cm³/mol. The van der Waals surface area contributed by atoms with Crippen LogP contribution in [0.15, 0.2) is 54.6 Å². The van der Waals surface area contributed by atoms with Gasteiger partial charge in [0.1, 0.15) is 0 Å². The number of allylic oxidation sites excluding steroid dienone is 4. The third kappa shape index (κ3) is 1.83. The third-order valence-electron chi connectivity index (χ3n) is 4.30. The maximum atomic E-state index is 3.62. The summed E-state index contributed by atoms with van der Waals surface area (Å²) in [6.45, 7) is 4.40. The molecular formula is C21H17. The Labute approximate surface area is 125 Å². The average Bonchev–Trinajstić information content (AvgIpc) is 3.13. The fourth-order valence-corrected chi connectivity index (χ4v) is 3.35. The van der Waals surface area contributed by atoms with Gasteiger partial charge < -0.3 is 0 Å². The van der Waals surface area contributed by atoms with E-state index in [0.717, 1.165) is 6.42 Å². The zero-order valence-electron chi connectivity index (χ0n) is 12.4. The van der Waals surface area contributed by atoms with E-state index in [2.05, 4.69) is 74.5 Å². The fourth-order valence-electron chi connectivity index (χ4n) is 3.35. The van der Waals surface area contributed by atoms with Gasteiger partial charge in [-0.2, -0.15) is 0 Å². The van der Waals surface area contributed by atoms with E-state index in [0.29, 0.717) is 0 Å². The van der Waals surface area contributed by atoms with Crippen molar-refractivity contribution >= 4 is 17.2 Å². The van der Waals surface area contributed by atoms with Crippen LogP contribution in [0.2, 0.25) is 0 Å². The quantitative estimate of drug-likeness (QED) is 0.628. The topological polar surface area (TPSA) is 0 Å². The summed E-state index contributed by atoms with van der Waals surface area (Å²) in [7, 11) is 0. The molecule has 2 aromatic rings. The van der Waals surface area contributed by atoms with Gasteiger partial charge in [0.05, 0.1) is 0 Å². The van der Waals surface area contributed by atoms with Crippen molar-refractivity contribution in [3.63, 3.8) is 0 Å². The van der Waals surface area contributed by atoms with Crippen LogP contribution < -0.4 is 10.4 Å². The van der Waals surface area contributed by atoms with E-state index in [-0.39, 0.29) is 0 Å². The first kappa shape index (κ1) is 12.4. The van der Waals surface area contributed by atoms with Gasteiger partial charge in [0.15, 0.2) is 0 Å². The van der Waals surface area contributed by atoms with E-state index in [4.69, 9.17) is 0 Å². The Morgan fingerprint density at radius 1 is 0.952 bits per heavy atom. The molecule has 4 rings (SSSR count). The molecule has 1 radical (unpaired) electrons. The highest BCUT2D eigenvalue weighted by Crippen LogP contribution is 2.27. The van der Waals surface area contributed by atoms with Crippen LogP contribution in [-0.2, 0) is 0 Å². The minimum Gasteiger partial charge on any atom is -0.0801 e. The molecule has 2 aliphatic rings. The lowest BCUT2D eigenvalue weighted by atomic mass is 9.95. The van der Waals surface area contributed by atoms with E-state index in [1.807, 2.05) is 0 Å². The van der Waals surface area contributed by atoms with Gasteiger partial charge in [-0.3, -0.25) is 0 Å². The Bertz CT molecular complexity index is 917. The standard InChI is InChI=1S/C21H17/c1-14(2)21-18(15-7-3-4-8-15)11-12-19-17-10-6-5-9-16(17)13-20(19)21/h3-7,9-12H,8H2,1-2H3. The molecule has 0 fully saturated rings. The fraction of sp³-hybridized carbons (Fsp3) is 0.143. The van der Waals surface area contributed by atoms with Crippen molar-refractivity contribution < 1.29 is 0 Å². The molecule has 0 amide bonds. The lowest BCUT2D eigenvalue weighted by Crippen LogP contribution is -2.30. The Morgan fingerprint density at radius 2 is 1.76 bits per heavy atom. The smallest absolute Gasteiger partial charge is 0.000743 e.